The molecule has 23 heavy (non-hydrogen) atoms. The van der Waals surface area contributed by atoms with Crippen LogP contribution in [0.25, 0.3) is 11.1 Å². The van der Waals surface area contributed by atoms with Gasteiger partial charge in [0.15, 0.2) is 0 Å². The third-order valence-electron chi connectivity index (χ3n) is 4.47. The smallest absolute Gasteiger partial charge is 0.116 e. The molecular weight excluding hydrogens is 306 g/mol. The molecule has 1 aliphatic heterocycles. The van der Waals surface area contributed by atoms with E-state index in [1.165, 1.54) is 0 Å². The minimum Gasteiger partial charge on any atom is -0.368 e. The van der Waals surface area contributed by atoms with Gasteiger partial charge in [0.2, 0.25) is 0 Å². The van der Waals surface area contributed by atoms with Gasteiger partial charge in [-0.2, -0.15) is 0 Å². The van der Waals surface area contributed by atoms with Crippen LogP contribution in [0.1, 0.15) is 46.1 Å². The van der Waals surface area contributed by atoms with Gasteiger partial charge in [0.05, 0.1) is 0 Å². The molecule has 1 aliphatic rings. The first-order chi connectivity index (χ1) is 10.8. The van der Waals surface area contributed by atoms with Crippen molar-refractivity contribution in [2.45, 2.75) is 52.1 Å². The third kappa shape index (κ3) is 2.90. The fraction of sp³-hybridized carbons (Fsp3) is 0.421. The maximum Gasteiger partial charge on any atom is 0.116 e. The summed E-state index contributed by atoms with van der Waals surface area (Å²) in [6.07, 6.45) is 3.97. The molecule has 0 amide bonds. The van der Waals surface area contributed by atoms with Crippen LogP contribution in [0.2, 0.25) is 5.02 Å². The van der Waals surface area contributed by atoms with Crippen molar-refractivity contribution in [1.29, 1.82) is 5.41 Å². The van der Waals surface area contributed by atoms with Crippen LogP contribution in [-0.4, -0.2) is 16.3 Å². The van der Waals surface area contributed by atoms with Crippen molar-refractivity contribution in [2.24, 2.45) is 0 Å². The Labute approximate surface area is 143 Å². The van der Waals surface area contributed by atoms with Crippen LogP contribution >= 0.6 is 11.6 Å². The molecule has 1 aromatic heterocycles. The summed E-state index contributed by atoms with van der Waals surface area (Å²) in [7, 11) is 0. The highest BCUT2D eigenvalue weighted by atomic mass is 35.5. The number of nitrogens with one attached hydrogen (secondary N) is 2. The van der Waals surface area contributed by atoms with Crippen LogP contribution in [0.3, 0.4) is 0 Å². The second kappa shape index (κ2) is 5.72. The molecule has 2 heterocycles. The Hall–Kier alpha value is -1.74. The quantitative estimate of drug-likeness (QED) is 0.747. The van der Waals surface area contributed by atoms with Crippen molar-refractivity contribution in [3.05, 3.63) is 41.0 Å². The molecule has 4 heteroatoms. The highest BCUT2D eigenvalue weighted by Crippen LogP contribution is 2.39. The van der Waals surface area contributed by atoms with Gasteiger partial charge in [-0.15, -0.1) is 0 Å². The summed E-state index contributed by atoms with van der Waals surface area (Å²) >= 11 is 6.03. The highest BCUT2D eigenvalue weighted by molar-refractivity contribution is 6.30. The second-order valence-corrected chi connectivity index (χ2v) is 7.68. The first kappa shape index (κ1) is 16.1. The van der Waals surface area contributed by atoms with Crippen LogP contribution in [0, 0.1) is 5.41 Å². The van der Waals surface area contributed by atoms with Gasteiger partial charge < -0.3 is 15.3 Å². The van der Waals surface area contributed by atoms with Crippen LogP contribution in [0.15, 0.2) is 30.5 Å². The molecule has 0 saturated heterocycles. The van der Waals surface area contributed by atoms with E-state index < -0.39 is 0 Å². The van der Waals surface area contributed by atoms with E-state index in [-0.39, 0.29) is 5.54 Å². The van der Waals surface area contributed by atoms with Crippen LogP contribution in [0.5, 0.6) is 0 Å². The standard InChI is InChI=1S/C19H24ClN3/c1-5-14-10-16(21)17-15(12-6-8-13(20)9-7-12)11-23(18(17)22-14)19(2,3)4/h6-9,11,14,21-22H,5,10H2,1-4H3. The van der Waals surface area contributed by atoms with Gasteiger partial charge in [-0.1, -0.05) is 30.7 Å². The van der Waals surface area contributed by atoms with Crippen molar-refractivity contribution in [3.63, 3.8) is 0 Å². The van der Waals surface area contributed by atoms with Gasteiger partial charge in [-0.3, -0.25) is 0 Å². The Balaban J connectivity index is 2.21. The van der Waals surface area contributed by atoms with Crippen molar-refractivity contribution in [1.82, 2.24) is 4.57 Å². The van der Waals surface area contributed by atoms with E-state index in [0.717, 1.165) is 46.1 Å². The minimum absolute atomic E-state index is 0.0440. The van der Waals surface area contributed by atoms with Gasteiger partial charge in [0, 0.05) is 46.1 Å². The summed E-state index contributed by atoms with van der Waals surface area (Å²) in [4.78, 5) is 0. The number of hydrogen-bond donors (Lipinski definition) is 2. The van der Waals surface area contributed by atoms with Crippen molar-refractivity contribution >= 4 is 23.1 Å². The lowest BCUT2D eigenvalue weighted by Gasteiger charge is -2.31. The molecular formula is C19H24ClN3. The normalized spacial score (nSPS) is 17.8. The number of nitrogens with zero attached hydrogens (tertiary/aromatic N) is 1. The Morgan fingerprint density at radius 3 is 2.48 bits per heavy atom. The van der Waals surface area contributed by atoms with Gasteiger partial charge in [-0.05, 0) is 44.9 Å². The minimum atomic E-state index is -0.0440. The molecule has 3 nitrogen and oxygen atoms in total. The molecule has 0 saturated carbocycles. The molecule has 0 radical (unpaired) electrons. The fourth-order valence-electron chi connectivity index (χ4n) is 3.17. The average molecular weight is 330 g/mol. The van der Waals surface area contributed by atoms with Crippen molar-refractivity contribution in [3.8, 4) is 11.1 Å². The zero-order valence-corrected chi connectivity index (χ0v) is 15.0. The summed E-state index contributed by atoms with van der Waals surface area (Å²) in [5.74, 6) is 1.07. The number of anilines is 1. The molecule has 1 aromatic carbocycles. The number of fused-ring (bicyclic) bond motifs is 1. The van der Waals surface area contributed by atoms with Gasteiger partial charge in [0.1, 0.15) is 5.82 Å². The molecule has 1 unspecified atom stereocenters. The Morgan fingerprint density at radius 1 is 1.26 bits per heavy atom. The molecule has 122 valence electrons. The molecule has 0 aliphatic carbocycles. The average Bonchev–Trinajstić information content (AvgIpc) is 2.88. The highest BCUT2D eigenvalue weighted by Gasteiger charge is 2.31. The van der Waals surface area contributed by atoms with E-state index >= 15 is 0 Å². The molecule has 1 atom stereocenters. The van der Waals surface area contributed by atoms with Crippen molar-refractivity contribution in [2.75, 3.05) is 5.32 Å². The second-order valence-electron chi connectivity index (χ2n) is 7.25. The third-order valence-corrected chi connectivity index (χ3v) is 4.72. The number of halogens is 1. The monoisotopic (exact) mass is 329 g/mol. The lowest BCUT2D eigenvalue weighted by atomic mass is 9.93. The molecule has 0 bridgehead atoms. The molecule has 0 spiro atoms. The summed E-state index contributed by atoms with van der Waals surface area (Å²) in [6, 6.07) is 8.22. The van der Waals surface area contributed by atoms with Crippen LogP contribution < -0.4 is 5.32 Å². The fourth-order valence-corrected chi connectivity index (χ4v) is 3.30. The predicted octanol–water partition coefficient (Wildman–Crippen LogP) is 5.53. The lowest BCUT2D eigenvalue weighted by Crippen LogP contribution is -2.32. The van der Waals surface area contributed by atoms with E-state index in [0.29, 0.717) is 6.04 Å². The van der Waals surface area contributed by atoms with Crippen LogP contribution in [0.4, 0.5) is 5.82 Å². The summed E-state index contributed by atoms with van der Waals surface area (Å²) < 4.78 is 2.27. The maximum absolute atomic E-state index is 8.58. The first-order valence-electron chi connectivity index (χ1n) is 8.17. The number of rotatable bonds is 2. The first-order valence-corrected chi connectivity index (χ1v) is 8.55. The van der Waals surface area contributed by atoms with Crippen LogP contribution in [-0.2, 0) is 5.54 Å². The number of hydrogen-bond acceptors (Lipinski definition) is 2. The number of aromatic nitrogens is 1. The van der Waals surface area contributed by atoms with E-state index in [4.69, 9.17) is 17.0 Å². The van der Waals surface area contributed by atoms with Gasteiger partial charge in [0.25, 0.3) is 0 Å². The number of benzene rings is 1. The van der Waals surface area contributed by atoms with Gasteiger partial charge in [-0.25, -0.2) is 0 Å². The zero-order chi connectivity index (χ0) is 16.8. The summed E-state index contributed by atoms with van der Waals surface area (Å²) in [5.41, 5.74) is 3.93. The molecule has 3 rings (SSSR count). The van der Waals surface area contributed by atoms with E-state index in [1.807, 2.05) is 24.3 Å². The summed E-state index contributed by atoms with van der Waals surface area (Å²) in [6.45, 7) is 8.75. The largest absolute Gasteiger partial charge is 0.368 e. The SMILES string of the molecule is CCC1CC(=N)c2c(-c3ccc(Cl)cc3)cn(C(C)(C)C)c2N1. The van der Waals surface area contributed by atoms with E-state index in [9.17, 15) is 0 Å². The van der Waals surface area contributed by atoms with Crippen molar-refractivity contribution < 1.29 is 0 Å². The zero-order valence-electron chi connectivity index (χ0n) is 14.2. The maximum atomic E-state index is 8.58. The Morgan fingerprint density at radius 2 is 1.91 bits per heavy atom. The Bertz CT molecular complexity index is 735. The molecule has 0 fully saturated rings. The van der Waals surface area contributed by atoms with E-state index in [1.54, 1.807) is 0 Å². The molecule has 2 aromatic rings. The Kier molecular flexibility index (Phi) is 4.01. The molecule has 2 N–H and O–H groups in total. The van der Waals surface area contributed by atoms with E-state index in [2.05, 4.69) is 43.8 Å². The predicted molar refractivity (Wildman–Crippen MR) is 99.0 cm³/mol. The van der Waals surface area contributed by atoms with Gasteiger partial charge >= 0.3 is 0 Å². The lowest BCUT2D eigenvalue weighted by molar-refractivity contribution is 0.401. The summed E-state index contributed by atoms with van der Waals surface area (Å²) in [5, 5.41) is 13.0. The topological polar surface area (TPSA) is 40.8 Å².